The minimum Gasteiger partial charge on any atom is -0.485 e. The first-order valence-corrected chi connectivity index (χ1v) is 9.62. The van der Waals surface area contributed by atoms with Gasteiger partial charge in [-0.3, -0.25) is 4.98 Å². The van der Waals surface area contributed by atoms with E-state index < -0.39 is 0 Å². The Hall–Kier alpha value is -2.22. The van der Waals surface area contributed by atoms with Crippen LogP contribution in [0.4, 0.5) is 5.13 Å². The normalized spacial score (nSPS) is 23.8. The van der Waals surface area contributed by atoms with E-state index in [1.807, 2.05) is 42.0 Å². The maximum absolute atomic E-state index is 6.21. The number of anilines is 1. The Morgan fingerprint density at radius 1 is 1.08 bits per heavy atom. The van der Waals surface area contributed by atoms with Gasteiger partial charge in [-0.25, -0.2) is 4.98 Å². The molecule has 0 N–H and O–H groups in total. The van der Waals surface area contributed by atoms with Crippen LogP contribution >= 0.6 is 11.3 Å². The summed E-state index contributed by atoms with van der Waals surface area (Å²) in [5.74, 6) is 0.846. The van der Waals surface area contributed by atoms with Crippen LogP contribution in [0.1, 0.15) is 0 Å². The second-order valence-corrected chi connectivity index (χ2v) is 7.43. The van der Waals surface area contributed by atoms with Crippen LogP contribution in [0, 0.1) is 0 Å². The predicted molar refractivity (Wildman–Crippen MR) is 100.0 cm³/mol. The number of nitrogens with zero attached hydrogens (tertiary/aromatic N) is 3. The molecule has 0 radical (unpaired) electrons. The number of rotatable bonds is 3. The molecular formula is C19H19N3O3S. The number of pyridine rings is 1. The molecule has 134 valence electrons. The lowest BCUT2D eigenvalue weighted by Gasteiger charge is -2.20. The first kappa shape index (κ1) is 16.0. The third-order valence-electron chi connectivity index (χ3n) is 4.83. The number of benzene rings is 1. The second kappa shape index (κ2) is 6.83. The zero-order valence-corrected chi connectivity index (χ0v) is 15.0. The molecule has 7 heteroatoms. The maximum Gasteiger partial charge on any atom is 0.185 e. The molecule has 0 amide bonds. The second-order valence-electron chi connectivity index (χ2n) is 6.56. The smallest absolute Gasteiger partial charge is 0.185 e. The van der Waals surface area contributed by atoms with E-state index in [0.717, 1.165) is 34.7 Å². The first-order chi connectivity index (χ1) is 12.9. The summed E-state index contributed by atoms with van der Waals surface area (Å²) in [4.78, 5) is 10.8. The largest absolute Gasteiger partial charge is 0.485 e. The lowest BCUT2D eigenvalue weighted by molar-refractivity contribution is -0.00461. The summed E-state index contributed by atoms with van der Waals surface area (Å²) in [5, 5.41) is 5.15. The fourth-order valence-electron chi connectivity index (χ4n) is 3.55. The molecule has 2 aliphatic heterocycles. The van der Waals surface area contributed by atoms with E-state index in [2.05, 4.69) is 14.9 Å². The van der Waals surface area contributed by atoms with E-state index >= 15 is 0 Å². The van der Waals surface area contributed by atoms with Gasteiger partial charge < -0.3 is 19.1 Å². The van der Waals surface area contributed by atoms with Gasteiger partial charge >= 0.3 is 0 Å². The van der Waals surface area contributed by atoms with Gasteiger partial charge in [-0.1, -0.05) is 12.1 Å². The van der Waals surface area contributed by atoms with Crippen molar-refractivity contribution in [2.45, 2.75) is 18.3 Å². The van der Waals surface area contributed by atoms with Gasteiger partial charge in [-0.15, -0.1) is 11.3 Å². The molecule has 1 aromatic carbocycles. The minimum atomic E-state index is -0.118. The van der Waals surface area contributed by atoms with Crippen LogP contribution in [0.2, 0.25) is 0 Å². The molecule has 26 heavy (non-hydrogen) atoms. The van der Waals surface area contributed by atoms with Crippen molar-refractivity contribution in [3.05, 3.63) is 48.2 Å². The molecule has 2 fully saturated rings. The van der Waals surface area contributed by atoms with Crippen LogP contribution in [0.15, 0.2) is 48.2 Å². The number of aromatic nitrogens is 2. The molecular weight excluding hydrogens is 350 g/mol. The third kappa shape index (κ3) is 3.02. The highest BCUT2D eigenvalue weighted by molar-refractivity contribution is 7.13. The molecule has 0 bridgehead atoms. The molecule has 0 aliphatic carbocycles. The lowest BCUT2D eigenvalue weighted by atomic mass is 10.1. The van der Waals surface area contributed by atoms with Crippen LogP contribution in [-0.2, 0) is 9.47 Å². The zero-order chi connectivity index (χ0) is 17.3. The van der Waals surface area contributed by atoms with Crippen molar-refractivity contribution in [1.29, 1.82) is 0 Å². The molecule has 2 saturated heterocycles. The van der Waals surface area contributed by atoms with Crippen LogP contribution in [0.3, 0.4) is 0 Å². The molecule has 2 atom stereocenters. The number of ether oxygens (including phenoxy) is 3. The van der Waals surface area contributed by atoms with Crippen molar-refractivity contribution in [3.63, 3.8) is 0 Å². The van der Waals surface area contributed by atoms with Crippen LogP contribution in [0.25, 0.3) is 10.8 Å². The van der Waals surface area contributed by atoms with E-state index in [9.17, 15) is 0 Å². The average molecular weight is 369 g/mol. The standard InChI is InChI=1S/C19H19N3O3S/c1-2-13-8-20-5-4-15(13)16(3-1)25-14-11-23-17-9-22(10-18(17)24-12-14)19-21-6-7-26-19/h1-8,14,17-18H,9-12H2/t17-,18-/m0/s1. The molecule has 3 aromatic rings. The summed E-state index contributed by atoms with van der Waals surface area (Å²) in [6.45, 7) is 2.67. The molecule has 2 aromatic heterocycles. The van der Waals surface area contributed by atoms with E-state index in [0.29, 0.717) is 13.2 Å². The molecule has 0 saturated carbocycles. The summed E-state index contributed by atoms with van der Waals surface area (Å²) < 4.78 is 18.5. The SMILES string of the molecule is c1cc(OC2CO[C@H]3CN(c4nccs4)C[C@@H]3OC2)c2ccncc2c1. The third-order valence-corrected chi connectivity index (χ3v) is 5.66. The van der Waals surface area contributed by atoms with Gasteiger partial charge in [0.15, 0.2) is 5.13 Å². The Morgan fingerprint density at radius 3 is 2.69 bits per heavy atom. The Bertz CT molecular complexity index is 867. The van der Waals surface area contributed by atoms with E-state index in [1.54, 1.807) is 17.5 Å². The Morgan fingerprint density at radius 2 is 1.92 bits per heavy atom. The molecule has 4 heterocycles. The van der Waals surface area contributed by atoms with Gasteiger partial charge in [0.25, 0.3) is 0 Å². The van der Waals surface area contributed by atoms with E-state index in [-0.39, 0.29) is 18.3 Å². The Labute approximate surface area is 155 Å². The summed E-state index contributed by atoms with van der Waals surface area (Å²) in [6, 6.07) is 7.98. The van der Waals surface area contributed by atoms with Crippen molar-refractivity contribution in [2.75, 3.05) is 31.2 Å². The van der Waals surface area contributed by atoms with Crippen molar-refractivity contribution in [2.24, 2.45) is 0 Å². The van der Waals surface area contributed by atoms with Gasteiger partial charge in [0.05, 0.1) is 13.2 Å². The predicted octanol–water partition coefficient (Wildman–Crippen LogP) is 2.74. The van der Waals surface area contributed by atoms with Gasteiger partial charge in [0.2, 0.25) is 0 Å². The van der Waals surface area contributed by atoms with Gasteiger partial charge in [0, 0.05) is 47.8 Å². The fraction of sp³-hybridized carbons (Fsp3) is 0.368. The lowest BCUT2D eigenvalue weighted by Crippen LogP contribution is -2.29. The quantitative estimate of drug-likeness (QED) is 0.708. The van der Waals surface area contributed by atoms with Gasteiger partial charge in [-0.05, 0) is 12.1 Å². The van der Waals surface area contributed by atoms with E-state index in [4.69, 9.17) is 14.2 Å². The highest BCUT2D eigenvalue weighted by Gasteiger charge is 2.38. The van der Waals surface area contributed by atoms with Crippen molar-refractivity contribution in [1.82, 2.24) is 9.97 Å². The number of fused-ring (bicyclic) bond motifs is 2. The van der Waals surface area contributed by atoms with Crippen molar-refractivity contribution >= 4 is 27.2 Å². The average Bonchev–Trinajstić information content (AvgIpc) is 3.31. The molecule has 0 unspecified atom stereocenters. The molecule has 2 aliphatic rings. The van der Waals surface area contributed by atoms with Crippen LogP contribution in [-0.4, -0.2) is 54.6 Å². The fourth-order valence-corrected chi connectivity index (χ4v) is 4.21. The minimum absolute atomic E-state index is 0.0595. The molecule has 5 rings (SSSR count). The molecule has 6 nitrogen and oxygen atoms in total. The van der Waals surface area contributed by atoms with Crippen molar-refractivity contribution < 1.29 is 14.2 Å². The van der Waals surface area contributed by atoms with Gasteiger partial charge in [0.1, 0.15) is 24.1 Å². The Balaban J connectivity index is 1.27. The van der Waals surface area contributed by atoms with Crippen molar-refractivity contribution in [3.8, 4) is 5.75 Å². The number of hydrogen-bond donors (Lipinski definition) is 0. The maximum atomic E-state index is 6.21. The number of thiazole rings is 1. The van der Waals surface area contributed by atoms with Crippen LogP contribution in [0.5, 0.6) is 5.75 Å². The highest BCUT2D eigenvalue weighted by Crippen LogP contribution is 2.29. The summed E-state index contributed by atoms with van der Waals surface area (Å²) in [6.07, 6.45) is 5.47. The topological polar surface area (TPSA) is 56.7 Å². The summed E-state index contributed by atoms with van der Waals surface area (Å²) in [7, 11) is 0. The van der Waals surface area contributed by atoms with Gasteiger partial charge in [-0.2, -0.15) is 0 Å². The first-order valence-electron chi connectivity index (χ1n) is 8.74. The number of hydrogen-bond acceptors (Lipinski definition) is 7. The summed E-state index contributed by atoms with van der Waals surface area (Å²) in [5.41, 5.74) is 0. The summed E-state index contributed by atoms with van der Waals surface area (Å²) >= 11 is 1.65. The Kier molecular flexibility index (Phi) is 4.20. The highest BCUT2D eigenvalue weighted by atomic mass is 32.1. The molecule has 0 spiro atoms. The monoisotopic (exact) mass is 369 g/mol. The van der Waals surface area contributed by atoms with E-state index in [1.165, 1.54) is 0 Å². The zero-order valence-electron chi connectivity index (χ0n) is 14.2. The van der Waals surface area contributed by atoms with Crippen LogP contribution < -0.4 is 9.64 Å².